The van der Waals surface area contributed by atoms with Crippen LogP contribution in [0.1, 0.15) is 11.7 Å². The number of nitrogens with zero attached hydrogens (tertiary/aromatic N) is 2. The molecule has 84 valence electrons. The standard InChI is InChI=1S/C11H20N4/c1-14(2)11(10-3-4-13-9-10)15-7-5-12-6-8-15/h3-4,9,11-13H,5-8H2,1-2H3. The molecule has 2 heterocycles. The van der Waals surface area contributed by atoms with Gasteiger partial charge in [-0.2, -0.15) is 0 Å². The Balaban J connectivity index is 2.12. The van der Waals surface area contributed by atoms with Crippen LogP contribution in [0.3, 0.4) is 0 Å². The molecule has 2 rings (SSSR count). The summed E-state index contributed by atoms with van der Waals surface area (Å²) in [4.78, 5) is 7.92. The summed E-state index contributed by atoms with van der Waals surface area (Å²) in [5, 5.41) is 3.39. The number of piperazine rings is 1. The normalized spacial score (nSPS) is 20.7. The fourth-order valence-corrected chi connectivity index (χ4v) is 2.26. The summed E-state index contributed by atoms with van der Waals surface area (Å²) in [6.45, 7) is 4.42. The van der Waals surface area contributed by atoms with Gasteiger partial charge in [-0.1, -0.05) is 0 Å². The Labute approximate surface area is 91.3 Å². The fraction of sp³-hybridized carbons (Fsp3) is 0.636. The largest absolute Gasteiger partial charge is 0.367 e. The maximum Gasteiger partial charge on any atom is 0.0896 e. The van der Waals surface area contributed by atoms with Gasteiger partial charge in [-0.05, 0) is 20.2 Å². The van der Waals surface area contributed by atoms with Gasteiger partial charge in [-0.3, -0.25) is 9.80 Å². The van der Waals surface area contributed by atoms with Gasteiger partial charge < -0.3 is 10.3 Å². The molecule has 0 aliphatic carbocycles. The molecule has 4 nitrogen and oxygen atoms in total. The maximum atomic E-state index is 3.39. The van der Waals surface area contributed by atoms with Gasteiger partial charge in [-0.25, -0.2) is 0 Å². The lowest BCUT2D eigenvalue weighted by atomic mass is 10.2. The Kier molecular flexibility index (Phi) is 3.41. The molecule has 1 aromatic rings. The van der Waals surface area contributed by atoms with Crippen LogP contribution in [0.15, 0.2) is 18.5 Å². The highest BCUT2D eigenvalue weighted by Gasteiger charge is 2.23. The van der Waals surface area contributed by atoms with Crippen molar-refractivity contribution in [2.75, 3.05) is 40.3 Å². The lowest BCUT2D eigenvalue weighted by Crippen LogP contribution is -2.48. The van der Waals surface area contributed by atoms with E-state index < -0.39 is 0 Å². The van der Waals surface area contributed by atoms with E-state index >= 15 is 0 Å². The smallest absolute Gasteiger partial charge is 0.0896 e. The van der Waals surface area contributed by atoms with Gasteiger partial charge in [0, 0.05) is 44.1 Å². The van der Waals surface area contributed by atoms with Crippen molar-refractivity contribution >= 4 is 0 Å². The summed E-state index contributed by atoms with van der Waals surface area (Å²) in [7, 11) is 4.28. The number of aromatic amines is 1. The van der Waals surface area contributed by atoms with Gasteiger partial charge in [0.25, 0.3) is 0 Å². The Hall–Kier alpha value is -0.840. The zero-order valence-electron chi connectivity index (χ0n) is 9.53. The van der Waals surface area contributed by atoms with Gasteiger partial charge in [0.2, 0.25) is 0 Å². The molecule has 4 heteroatoms. The second-order valence-corrected chi connectivity index (χ2v) is 4.27. The van der Waals surface area contributed by atoms with Crippen LogP contribution in [-0.4, -0.2) is 55.1 Å². The third kappa shape index (κ3) is 2.40. The fourth-order valence-electron chi connectivity index (χ4n) is 2.26. The molecule has 0 bridgehead atoms. The predicted octanol–water partition coefficient (Wildman–Crippen LogP) is 0.480. The number of nitrogens with one attached hydrogen (secondary N) is 2. The highest BCUT2D eigenvalue weighted by molar-refractivity contribution is 5.13. The first-order valence-electron chi connectivity index (χ1n) is 5.53. The van der Waals surface area contributed by atoms with E-state index in [9.17, 15) is 0 Å². The molecule has 1 aliphatic heterocycles. The molecular formula is C11H20N4. The summed E-state index contributed by atoms with van der Waals surface area (Å²) in [5.41, 5.74) is 1.35. The van der Waals surface area contributed by atoms with Crippen LogP contribution in [0.2, 0.25) is 0 Å². The van der Waals surface area contributed by atoms with Crippen LogP contribution < -0.4 is 5.32 Å². The molecule has 0 saturated carbocycles. The minimum atomic E-state index is 0.401. The van der Waals surface area contributed by atoms with Crippen LogP contribution in [0, 0.1) is 0 Å². The van der Waals surface area contributed by atoms with Crippen molar-refractivity contribution in [1.29, 1.82) is 0 Å². The molecular weight excluding hydrogens is 188 g/mol. The van der Waals surface area contributed by atoms with Crippen molar-refractivity contribution in [2.24, 2.45) is 0 Å². The first-order chi connectivity index (χ1) is 7.29. The summed E-state index contributed by atoms with van der Waals surface area (Å²) in [6, 6.07) is 2.16. The van der Waals surface area contributed by atoms with Crippen LogP contribution in [0.25, 0.3) is 0 Å². The van der Waals surface area contributed by atoms with Crippen molar-refractivity contribution in [3.05, 3.63) is 24.0 Å². The quantitative estimate of drug-likeness (QED) is 0.758. The monoisotopic (exact) mass is 208 g/mol. The average molecular weight is 208 g/mol. The second-order valence-electron chi connectivity index (χ2n) is 4.27. The Bertz CT molecular complexity index is 275. The summed E-state index contributed by atoms with van der Waals surface area (Å²) in [5.74, 6) is 0. The van der Waals surface area contributed by atoms with Crippen molar-refractivity contribution < 1.29 is 0 Å². The van der Waals surface area contributed by atoms with Gasteiger partial charge in [0.15, 0.2) is 0 Å². The summed E-state index contributed by atoms with van der Waals surface area (Å²) < 4.78 is 0. The van der Waals surface area contributed by atoms with Crippen molar-refractivity contribution in [3.8, 4) is 0 Å². The predicted molar refractivity (Wildman–Crippen MR) is 61.7 cm³/mol. The zero-order chi connectivity index (χ0) is 10.7. The van der Waals surface area contributed by atoms with Gasteiger partial charge in [-0.15, -0.1) is 0 Å². The van der Waals surface area contributed by atoms with E-state index in [1.165, 1.54) is 5.56 Å². The average Bonchev–Trinajstić information content (AvgIpc) is 2.72. The third-order valence-electron chi connectivity index (χ3n) is 2.91. The number of aromatic nitrogens is 1. The van der Waals surface area contributed by atoms with Crippen molar-refractivity contribution in [2.45, 2.75) is 6.17 Å². The van der Waals surface area contributed by atoms with Gasteiger partial charge in [0.05, 0.1) is 6.17 Å². The maximum absolute atomic E-state index is 3.39. The molecule has 0 amide bonds. The summed E-state index contributed by atoms with van der Waals surface area (Å²) >= 11 is 0. The molecule has 1 fully saturated rings. The number of hydrogen-bond donors (Lipinski definition) is 2. The number of rotatable bonds is 3. The minimum Gasteiger partial charge on any atom is -0.367 e. The van der Waals surface area contributed by atoms with E-state index in [1.807, 2.05) is 6.20 Å². The Morgan fingerprint density at radius 2 is 2.07 bits per heavy atom. The van der Waals surface area contributed by atoms with E-state index in [0.717, 1.165) is 26.2 Å². The van der Waals surface area contributed by atoms with Crippen LogP contribution in [0.4, 0.5) is 0 Å². The molecule has 1 aliphatic rings. The van der Waals surface area contributed by atoms with E-state index in [0.29, 0.717) is 6.17 Å². The van der Waals surface area contributed by atoms with Crippen LogP contribution in [-0.2, 0) is 0 Å². The molecule has 0 radical (unpaired) electrons. The molecule has 1 aromatic heterocycles. The Morgan fingerprint density at radius 1 is 1.33 bits per heavy atom. The molecule has 0 aromatic carbocycles. The molecule has 15 heavy (non-hydrogen) atoms. The van der Waals surface area contributed by atoms with E-state index in [1.54, 1.807) is 0 Å². The molecule has 2 N–H and O–H groups in total. The lowest BCUT2D eigenvalue weighted by molar-refractivity contribution is 0.0674. The van der Waals surface area contributed by atoms with Crippen molar-refractivity contribution in [3.63, 3.8) is 0 Å². The molecule has 1 saturated heterocycles. The molecule has 1 unspecified atom stereocenters. The minimum absolute atomic E-state index is 0.401. The van der Waals surface area contributed by atoms with Crippen LogP contribution >= 0.6 is 0 Å². The molecule has 0 spiro atoms. The van der Waals surface area contributed by atoms with Gasteiger partial charge in [0.1, 0.15) is 0 Å². The topological polar surface area (TPSA) is 34.3 Å². The third-order valence-corrected chi connectivity index (χ3v) is 2.91. The number of H-pyrrole nitrogens is 1. The highest BCUT2D eigenvalue weighted by Crippen LogP contribution is 2.22. The molecule has 1 atom stereocenters. The second kappa shape index (κ2) is 4.79. The van der Waals surface area contributed by atoms with E-state index in [-0.39, 0.29) is 0 Å². The van der Waals surface area contributed by atoms with Gasteiger partial charge >= 0.3 is 0 Å². The summed E-state index contributed by atoms with van der Waals surface area (Å²) in [6.07, 6.45) is 4.49. The first-order valence-corrected chi connectivity index (χ1v) is 5.53. The SMILES string of the molecule is CN(C)C(c1cc[nH]c1)N1CCNCC1. The highest BCUT2D eigenvalue weighted by atomic mass is 15.3. The lowest BCUT2D eigenvalue weighted by Gasteiger charge is -2.38. The van der Waals surface area contributed by atoms with Crippen molar-refractivity contribution in [1.82, 2.24) is 20.1 Å². The Morgan fingerprint density at radius 3 is 2.60 bits per heavy atom. The van der Waals surface area contributed by atoms with E-state index in [2.05, 4.69) is 46.5 Å². The van der Waals surface area contributed by atoms with E-state index in [4.69, 9.17) is 0 Å². The van der Waals surface area contributed by atoms with Crippen LogP contribution in [0.5, 0.6) is 0 Å². The number of hydrogen-bond acceptors (Lipinski definition) is 3. The first kappa shape index (κ1) is 10.7. The zero-order valence-corrected chi connectivity index (χ0v) is 9.53.